The van der Waals surface area contributed by atoms with Gasteiger partial charge in [-0.25, -0.2) is 4.79 Å². The van der Waals surface area contributed by atoms with Crippen molar-refractivity contribution in [2.24, 2.45) is 5.92 Å². The molecule has 0 aliphatic heterocycles. The van der Waals surface area contributed by atoms with Crippen LogP contribution in [0.5, 0.6) is 17.2 Å². The molecule has 7 nitrogen and oxygen atoms in total. The maximum Gasteiger partial charge on any atom is 0.322 e. The Morgan fingerprint density at radius 3 is 2.52 bits per heavy atom. The highest BCUT2D eigenvalue weighted by molar-refractivity contribution is 9.10. The number of amides is 2. The smallest absolute Gasteiger partial charge is 0.322 e. The molecule has 2 aromatic carbocycles. The minimum Gasteiger partial charge on any atom is -0.496 e. The summed E-state index contributed by atoms with van der Waals surface area (Å²) in [5, 5.41) is 12.5. The Morgan fingerprint density at radius 2 is 1.85 bits per heavy atom. The van der Waals surface area contributed by atoms with Gasteiger partial charge in [0.1, 0.15) is 5.75 Å². The van der Waals surface area contributed by atoms with E-state index in [-0.39, 0.29) is 18.6 Å². The number of nitrogens with one attached hydrogen (secondary N) is 1. The van der Waals surface area contributed by atoms with Crippen molar-refractivity contribution < 1.29 is 24.1 Å². The maximum absolute atomic E-state index is 13.2. The highest BCUT2D eigenvalue weighted by Crippen LogP contribution is 2.31. The van der Waals surface area contributed by atoms with Gasteiger partial charge in [-0.2, -0.15) is 0 Å². The number of hydrogen-bond acceptors (Lipinski definition) is 5. The predicted molar refractivity (Wildman–Crippen MR) is 134 cm³/mol. The number of nitrogens with zero attached hydrogens (tertiary/aromatic N) is 1. The third-order valence-corrected chi connectivity index (χ3v) is 5.65. The second-order valence-electron chi connectivity index (χ2n) is 7.98. The van der Waals surface area contributed by atoms with Crippen LogP contribution in [0, 0.1) is 5.92 Å². The molecule has 1 atom stereocenters. The van der Waals surface area contributed by atoms with Crippen LogP contribution in [0.15, 0.2) is 40.9 Å². The zero-order valence-electron chi connectivity index (χ0n) is 19.9. The summed E-state index contributed by atoms with van der Waals surface area (Å²) in [4.78, 5) is 14.9. The lowest BCUT2D eigenvalue weighted by atomic mass is 10.1. The molecule has 0 spiro atoms. The third-order valence-electron chi connectivity index (χ3n) is 5.16. The Labute approximate surface area is 205 Å². The normalized spacial score (nSPS) is 11.6. The van der Waals surface area contributed by atoms with Crippen LogP contribution in [0.3, 0.4) is 0 Å². The SMILES string of the molecule is CCCCCOc1cc(NC(=O)N(Cc2ccc(Br)cc2OC)CC(C)CO)ccc1OC. The number of urea groups is 1. The van der Waals surface area contributed by atoms with Crippen molar-refractivity contribution in [3.05, 3.63) is 46.4 Å². The average Bonchev–Trinajstić information content (AvgIpc) is 2.82. The predicted octanol–water partition coefficient (Wildman–Crippen LogP) is 5.70. The number of aliphatic hydroxyl groups excluding tert-OH is 1. The molecule has 0 saturated heterocycles. The molecule has 33 heavy (non-hydrogen) atoms. The number of carbonyl (C=O) groups is 1. The standard InChI is InChI=1S/C25H35BrN2O5/c1-5-6-7-12-33-24-14-21(10-11-22(24)31-3)27-25(30)28(15-18(2)17-29)16-19-8-9-20(26)13-23(19)32-4/h8-11,13-14,18,29H,5-7,12,15-17H2,1-4H3,(H,27,30). The lowest BCUT2D eigenvalue weighted by Gasteiger charge is -2.26. The summed E-state index contributed by atoms with van der Waals surface area (Å²) in [6.45, 7) is 5.34. The van der Waals surface area contributed by atoms with E-state index in [1.54, 1.807) is 37.3 Å². The first-order valence-corrected chi connectivity index (χ1v) is 12.0. The number of benzene rings is 2. The van der Waals surface area contributed by atoms with E-state index in [4.69, 9.17) is 14.2 Å². The molecule has 182 valence electrons. The second kappa shape index (κ2) is 14.0. The van der Waals surface area contributed by atoms with Crippen LogP contribution in [0.4, 0.5) is 10.5 Å². The molecule has 0 radical (unpaired) electrons. The summed E-state index contributed by atoms with van der Waals surface area (Å²) in [5.41, 5.74) is 1.48. The largest absolute Gasteiger partial charge is 0.496 e. The number of rotatable bonds is 13. The van der Waals surface area contributed by atoms with Gasteiger partial charge in [-0.1, -0.05) is 48.7 Å². The molecular formula is C25H35BrN2O5. The van der Waals surface area contributed by atoms with Gasteiger partial charge in [-0.15, -0.1) is 0 Å². The Hall–Kier alpha value is -2.45. The fourth-order valence-corrected chi connectivity index (χ4v) is 3.65. The molecule has 2 rings (SSSR count). The van der Waals surface area contributed by atoms with E-state index < -0.39 is 0 Å². The first kappa shape index (κ1) is 26.8. The summed E-state index contributed by atoms with van der Waals surface area (Å²) in [6, 6.07) is 10.8. The van der Waals surface area contributed by atoms with Crippen LogP contribution in [0.1, 0.15) is 38.7 Å². The molecular weight excluding hydrogens is 488 g/mol. The van der Waals surface area contributed by atoms with Crippen molar-refractivity contribution >= 4 is 27.6 Å². The van der Waals surface area contributed by atoms with E-state index in [2.05, 4.69) is 28.2 Å². The number of hydrogen-bond donors (Lipinski definition) is 2. The first-order chi connectivity index (χ1) is 15.9. The number of halogens is 1. The molecule has 0 saturated carbocycles. The lowest BCUT2D eigenvalue weighted by Crippen LogP contribution is -2.38. The van der Waals surface area contributed by atoms with E-state index in [0.717, 1.165) is 29.3 Å². The van der Waals surface area contributed by atoms with E-state index in [1.165, 1.54) is 0 Å². The summed E-state index contributed by atoms with van der Waals surface area (Å²) in [6.07, 6.45) is 3.16. The number of unbranched alkanes of at least 4 members (excludes halogenated alkanes) is 2. The topological polar surface area (TPSA) is 80.3 Å². The van der Waals surface area contributed by atoms with Gasteiger partial charge in [0.05, 0.1) is 27.4 Å². The Bertz CT molecular complexity index is 893. The summed E-state index contributed by atoms with van der Waals surface area (Å²) < 4.78 is 17.7. The van der Waals surface area contributed by atoms with E-state index in [9.17, 15) is 9.90 Å². The molecule has 0 aliphatic rings. The summed E-state index contributed by atoms with van der Waals surface area (Å²) in [7, 11) is 3.20. The number of methoxy groups -OCH3 is 2. The van der Waals surface area contributed by atoms with Crippen LogP contribution in [0.25, 0.3) is 0 Å². The third kappa shape index (κ3) is 8.44. The zero-order chi connectivity index (χ0) is 24.2. The van der Waals surface area contributed by atoms with Crippen LogP contribution in [-0.2, 0) is 6.54 Å². The minimum atomic E-state index is -0.276. The van der Waals surface area contributed by atoms with Crippen molar-refractivity contribution in [2.75, 3.05) is 39.3 Å². The van der Waals surface area contributed by atoms with E-state index in [0.29, 0.717) is 42.6 Å². The van der Waals surface area contributed by atoms with Crippen LogP contribution >= 0.6 is 15.9 Å². The van der Waals surface area contributed by atoms with Gasteiger partial charge in [0.25, 0.3) is 0 Å². The van der Waals surface area contributed by atoms with Gasteiger partial charge in [-0.3, -0.25) is 0 Å². The molecule has 0 aromatic heterocycles. The Kier molecular flexibility index (Phi) is 11.3. The van der Waals surface area contributed by atoms with Crippen molar-refractivity contribution in [1.82, 2.24) is 4.90 Å². The van der Waals surface area contributed by atoms with E-state index >= 15 is 0 Å². The number of carbonyl (C=O) groups excluding carboxylic acids is 1. The molecule has 0 heterocycles. The Morgan fingerprint density at radius 1 is 1.09 bits per heavy atom. The van der Waals surface area contributed by atoms with Gasteiger partial charge in [-0.05, 0) is 36.6 Å². The fourth-order valence-electron chi connectivity index (χ4n) is 3.31. The number of aliphatic hydroxyl groups is 1. The van der Waals surface area contributed by atoms with Gasteiger partial charge in [0.2, 0.25) is 0 Å². The number of anilines is 1. The first-order valence-electron chi connectivity index (χ1n) is 11.2. The second-order valence-corrected chi connectivity index (χ2v) is 8.89. The van der Waals surface area contributed by atoms with Gasteiger partial charge >= 0.3 is 6.03 Å². The average molecular weight is 523 g/mol. The van der Waals surface area contributed by atoms with Crippen molar-refractivity contribution in [3.63, 3.8) is 0 Å². The highest BCUT2D eigenvalue weighted by atomic mass is 79.9. The van der Waals surface area contributed by atoms with E-state index in [1.807, 2.05) is 25.1 Å². The Balaban J connectivity index is 2.19. The molecule has 2 N–H and O–H groups in total. The van der Waals surface area contributed by atoms with Gasteiger partial charge in [0.15, 0.2) is 11.5 Å². The van der Waals surface area contributed by atoms with Crippen LogP contribution < -0.4 is 19.5 Å². The molecule has 2 aromatic rings. The fraction of sp³-hybridized carbons (Fsp3) is 0.480. The quantitative estimate of drug-likeness (QED) is 0.330. The minimum absolute atomic E-state index is 0.0143. The summed E-state index contributed by atoms with van der Waals surface area (Å²) >= 11 is 3.44. The summed E-state index contributed by atoms with van der Waals surface area (Å²) in [5.74, 6) is 1.82. The molecule has 8 heteroatoms. The van der Waals surface area contributed by atoms with Crippen LogP contribution in [0.2, 0.25) is 0 Å². The molecule has 0 bridgehead atoms. The zero-order valence-corrected chi connectivity index (χ0v) is 21.5. The van der Waals surface area contributed by atoms with Gasteiger partial charge in [0, 0.05) is 34.9 Å². The van der Waals surface area contributed by atoms with Crippen molar-refractivity contribution in [2.45, 2.75) is 39.7 Å². The molecule has 0 aliphatic carbocycles. The van der Waals surface area contributed by atoms with Crippen molar-refractivity contribution in [1.29, 1.82) is 0 Å². The monoisotopic (exact) mass is 522 g/mol. The lowest BCUT2D eigenvalue weighted by molar-refractivity contribution is 0.172. The van der Waals surface area contributed by atoms with Gasteiger partial charge < -0.3 is 29.5 Å². The van der Waals surface area contributed by atoms with Crippen molar-refractivity contribution in [3.8, 4) is 17.2 Å². The molecule has 2 amide bonds. The molecule has 0 fully saturated rings. The highest BCUT2D eigenvalue weighted by Gasteiger charge is 2.20. The number of ether oxygens (including phenoxy) is 3. The van der Waals surface area contributed by atoms with Crippen LogP contribution in [-0.4, -0.2) is 50.0 Å². The maximum atomic E-state index is 13.2. The molecule has 1 unspecified atom stereocenters.